The van der Waals surface area contributed by atoms with Crippen molar-refractivity contribution in [2.45, 2.75) is 90.9 Å². The van der Waals surface area contributed by atoms with Crippen LogP contribution in [0.4, 0.5) is 4.79 Å². The van der Waals surface area contributed by atoms with Gasteiger partial charge >= 0.3 is 12.0 Å². The second-order valence-corrected chi connectivity index (χ2v) is 14.1. The van der Waals surface area contributed by atoms with Gasteiger partial charge < -0.3 is 19.9 Å². The average molecular weight is 881 g/mol. The lowest BCUT2D eigenvalue weighted by molar-refractivity contribution is -0.146. The number of methoxy groups -OCH3 is 1. The maximum Gasteiger partial charge on any atom is 0.319 e. The topological polar surface area (TPSA) is 99.3 Å². The van der Waals surface area contributed by atoms with Crippen LogP contribution in [-0.2, 0) is 32.2 Å². The number of hydrogen-bond donors (Lipinski definition) is 1. The van der Waals surface area contributed by atoms with Crippen LogP contribution in [0.25, 0.3) is 12.2 Å². The summed E-state index contributed by atoms with van der Waals surface area (Å²) in [5.41, 5.74) is 3.80. The van der Waals surface area contributed by atoms with Crippen LogP contribution in [0.3, 0.4) is 0 Å². The molecule has 2 fully saturated rings. The lowest BCUT2D eigenvalue weighted by Crippen LogP contribution is -2.59. The summed E-state index contributed by atoms with van der Waals surface area (Å²) >= 11 is 0. The Kier molecular flexibility index (Phi) is 34.4. The normalized spacial score (nSPS) is 14.2. The summed E-state index contributed by atoms with van der Waals surface area (Å²) < 4.78 is 4.58. The number of terminal acetylenes is 2. The molecule has 0 aromatic heterocycles. The molecule has 4 rings (SSSR count). The number of esters is 1. The third-order valence-corrected chi connectivity index (χ3v) is 9.58. The first-order chi connectivity index (χ1) is 31.7. The average Bonchev–Trinajstić information content (AvgIpc) is 3.67. The van der Waals surface area contributed by atoms with E-state index in [-0.39, 0.29) is 43.4 Å². The zero-order chi connectivity index (χ0) is 48.5. The number of carbonyl (C=O) groups excluding carboxylic acids is 4. The van der Waals surface area contributed by atoms with Crippen molar-refractivity contribution in [3.05, 3.63) is 170 Å². The van der Waals surface area contributed by atoms with Gasteiger partial charge in [0.1, 0.15) is 19.3 Å². The van der Waals surface area contributed by atoms with Crippen LogP contribution in [0.1, 0.15) is 93.9 Å². The molecule has 9 nitrogen and oxygen atoms in total. The van der Waals surface area contributed by atoms with Gasteiger partial charge in [-0.15, -0.1) is 32.3 Å². The van der Waals surface area contributed by atoms with Crippen LogP contribution in [0.2, 0.25) is 0 Å². The van der Waals surface area contributed by atoms with Crippen LogP contribution in [-0.4, -0.2) is 71.4 Å². The highest BCUT2D eigenvalue weighted by atomic mass is 16.5. The van der Waals surface area contributed by atoms with Gasteiger partial charge in [0.25, 0.3) is 0 Å². The summed E-state index contributed by atoms with van der Waals surface area (Å²) in [6.45, 7) is 16.4. The van der Waals surface area contributed by atoms with E-state index in [4.69, 9.17) is 0 Å². The molecule has 2 aliphatic heterocycles. The first-order valence-electron chi connectivity index (χ1n) is 22.0. The quantitative estimate of drug-likeness (QED) is 0.0765. The van der Waals surface area contributed by atoms with E-state index >= 15 is 0 Å². The maximum atomic E-state index is 12.9. The molecule has 2 heterocycles. The van der Waals surface area contributed by atoms with Gasteiger partial charge in [0.15, 0.2) is 0 Å². The molecule has 2 aromatic carbocycles. The van der Waals surface area contributed by atoms with E-state index in [0.29, 0.717) is 19.5 Å². The third kappa shape index (κ3) is 24.4. The summed E-state index contributed by atoms with van der Waals surface area (Å²) in [5, 5.41) is 2.88. The Balaban J connectivity index is 0.00000111. The fraction of sp³-hybridized carbons (Fsp3) is 0.321. The molecule has 0 radical (unpaired) electrons. The number of nitrogens with zero attached hydrogens (tertiary/aromatic N) is 3. The van der Waals surface area contributed by atoms with Crippen LogP contribution in [0, 0.1) is 25.7 Å². The minimum absolute atomic E-state index is 0.0312. The monoisotopic (exact) mass is 881 g/mol. The molecular formula is C56H72N4O5. The molecule has 2 aromatic rings. The number of allylic oxidation sites excluding steroid dienone is 13. The van der Waals surface area contributed by atoms with E-state index in [2.05, 4.69) is 136 Å². The lowest BCUT2D eigenvalue weighted by Gasteiger charge is -2.39. The molecule has 346 valence electrons. The molecule has 0 aliphatic carbocycles. The van der Waals surface area contributed by atoms with Gasteiger partial charge in [-0.3, -0.25) is 19.3 Å². The fourth-order valence-electron chi connectivity index (χ4n) is 6.19. The summed E-state index contributed by atoms with van der Waals surface area (Å²) in [6, 6.07) is 15.1. The summed E-state index contributed by atoms with van der Waals surface area (Å²) in [4.78, 5) is 53.8. The molecule has 2 aliphatic rings. The second-order valence-electron chi connectivity index (χ2n) is 14.1. The lowest BCUT2D eigenvalue weighted by atomic mass is 10.00. The van der Waals surface area contributed by atoms with Gasteiger partial charge in [-0.05, 0) is 73.6 Å². The number of fused-ring (bicyclic) bond motifs is 1. The van der Waals surface area contributed by atoms with Crippen molar-refractivity contribution >= 4 is 36.0 Å². The van der Waals surface area contributed by atoms with Gasteiger partial charge in [-0.2, -0.15) is 0 Å². The van der Waals surface area contributed by atoms with Gasteiger partial charge in [-0.25, -0.2) is 4.79 Å². The van der Waals surface area contributed by atoms with Gasteiger partial charge in [0, 0.05) is 19.5 Å². The third-order valence-electron chi connectivity index (χ3n) is 9.58. The highest BCUT2D eigenvalue weighted by Crippen LogP contribution is 2.25. The number of urea groups is 1. The molecule has 0 spiro atoms. The molecule has 1 unspecified atom stereocenters. The van der Waals surface area contributed by atoms with E-state index in [0.717, 1.165) is 73.6 Å². The van der Waals surface area contributed by atoms with E-state index in [1.807, 2.05) is 60.7 Å². The molecule has 4 amide bonds. The van der Waals surface area contributed by atoms with Gasteiger partial charge in [0.2, 0.25) is 11.8 Å². The highest BCUT2D eigenvalue weighted by molar-refractivity contribution is 5.92. The first kappa shape index (κ1) is 57.9. The van der Waals surface area contributed by atoms with E-state index in [1.165, 1.54) is 16.9 Å². The summed E-state index contributed by atoms with van der Waals surface area (Å²) in [5.74, 6) is -0.502. The molecule has 65 heavy (non-hydrogen) atoms. The van der Waals surface area contributed by atoms with Crippen LogP contribution in [0.5, 0.6) is 0 Å². The summed E-state index contributed by atoms with van der Waals surface area (Å²) in [6.07, 6.45) is 55.3. The predicted octanol–water partition coefficient (Wildman–Crippen LogP) is 11.4. The van der Waals surface area contributed by atoms with Crippen molar-refractivity contribution in [3.8, 4) is 25.7 Å². The summed E-state index contributed by atoms with van der Waals surface area (Å²) in [7, 11) is 1.42. The molecule has 0 bridgehead atoms. The minimum Gasteiger partial charge on any atom is -0.469 e. The zero-order valence-corrected chi connectivity index (χ0v) is 39.1. The van der Waals surface area contributed by atoms with Crippen LogP contribution < -0.4 is 5.32 Å². The number of hydrogen-bond acceptors (Lipinski definition) is 5. The first-order valence-corrected chi connectivity index (χ1v) is 22.0. The molecule has 1 N–H and O–H groups in total. The highest BCUT2D eigenvalue weighted by Gasteiger charge is 2.46. The van der Waals surface area contributed by atoms with Gasteiger partial charge in [-0.1, -0.05) is 167 Å². The Morgan fingerprint density at radius 2 is 1.25 bits per heavy atom. The van der Waals surface area contributed by atoms with Crippen molar-refractivity contribution in [2.24, 2.45) is 0 Å². The largest absolute Gasteiger partial charge is 0.469 e. The molecular weight excluding hydrogens is 809 g/mol. The van der Waals surface area contributed by atoms with Crippen molar-refractivity contribution < 1.29 is 23.9 Å². The Bertz CT molecular complexity index is 1940. The number of rotatable bonds is 21. The number of nitrogens with one attached hydrogen (secondary N) is 1. The Hall–Kier alpha value is -7.10. The zero-order valence-electron chi connectivity index (χ0n) is 39.1. The smallest absolute Gasteiger partial charge is 0.319 e. The van der Waals surface area contributed by atoms with Gasteiger partial charge in [0.05, 0.1) is 13.7 Å². The van der Waals surface area contributed by atoms with E-state index < -0.39 is 6.17 Å². The standard InChI is InChI=1S/C25H26N4O3.C23H34O2.C4H8.2C2H2/c1-3-19-11-8-12-20(21(19)4-2)14-27-15-22-28(16-23(27)30)24(31)17-29(22)25(32)26-13-18-9-6-5-7-10-18;1-3-4-5-6-7-8-9-10-11-12-13-14-15-16-17-18-19-20-21-22-23(24)25-2;1-3-4-2;2*1-2/h3-12,22H,1-2,13-17H2,(H,26,32);4-5,7-8,10-11,13-14,16-17,19-20H,3,6,9,12,15,18,21-22H2,1-2H3;3H,1,4H2,2H3;2*1-2H/b;5-4-,8-7-,11-10-,14-13-,17-16-,20-19-;;;. The maximum absolute atomic E-state index is 12.9. The van der Waals surface area contributed by atoms with Crippen LogP contribution >= 0.6 is 0 Å². The van der Waals surface area contributed by atoms with E-state index in [9.17, 15) is 19.2 Å². The number of piperazine rings is 1. The van der Waals surface area contributed by atoms with Crippen molar-refractivity contribution in [1.29, 1.82) is 0 Å². The van der Waals surface area contributed by atoms with Crippen molar-refractivity contribution in [1.82, 2.24) is 20.0 Å². The molecule has 9 heteroatoms. The number of amides is 4. The molecule has 0 saturated carbocycles. The Morgan fingerprint density at radius 1 is 0.708 bits per heavy atom. The van der Waals surface area contributed by atoms with Crippen molar-refractivity contribution in [2.75, 3.05) is 26.7 Å². The predicted molar refractivity (Wildman–Crippen MR) is 273 cm³/mol. The Labute approximate surface area is 391 Å². The number of carbonyl (C=O) groups is 4. The number of ether oxygens (including phenoxy) is 1. The van der Waals surface area contributed by atoms with E-state index in [1.54, 1.807) is 17.1 Å². The minimum atomic E-state index is -0.481. The SMILES string of the molecule is C#C.C#C.C=CCC.C=Cc1cccc(CN2CC3N(CC2=O)C(=O)CN3C(=O)NCc2ccccc2)c1C=C.CC/C=C\C/C=C\C/C=C\C/C=C\C/C=C\C/C=C\CCC(=O)OC. The Morgan fingerprint density at radius 3 is 1.74 bits per heavy atom. The molecule has 2 saturated heterocycles. The van der Waals surface area contributed by atoms with Crippen LogP contribution in [0.15, 0.2) is 147 Å². The molecule has 1 atom stereocenters. The second kappa shape index (κ2) is 38.6. The van der Waals surface area contributed by atoms with Crippen molar-refractivity contribution in [3.63, 3.8) is 0 Å². The fourth-order valence-corrected chi connectivity index (χ4v) is 6.19. The number of benzene rings is 2.